The Balaban J connectivity index is 1.11. The fourth-order valence-corrected chi connectivity index (χ4v) is 11.2. The quantitative estimate of drug-likeness (QED) is 0.0486. The Hall–Kier alpha value is -5.72. The second kappa shape index (κ2) is 19.9. The van der Waals surface area contributed by atoms with Crippen LogP contribution >= 0.6 is 0 Å². The van der Waals surface area contributed by atoms with E-state index >= 15 is 0 Å². The summed E-state index contributed by atoms with van der Waals surface area (Å²) in [5.74, 6) is 8.09. The number of hydrogen-bond acceptors (Lipinski definition) is 13. The summed E-state index contributed by atoms with van der Waals surface area (Å²) in [7, 11) is 1.68. The van der Waals surface area contributed by atoms with E-state index in [0.717, 1.165) is 58.9 Å². The first-order valence-corrected chi connectivity index (χ1v) is 23.8. The molecule has 0 spiro atoms. The van der Waals surface area contributed by atoms with Crippen LogP contribution in [0.25, 0.3) is 21.9 Å². The number of methoxy groups -OCH3 is 1. The maximum absolute atomic E-state index is 13.1. The van der Waals surface area contributed by atoms with Crippen LogP contribution in [0, 0.1) is 29.6 Å². The van der Waals surface area contributed by atoms with Crippen molar-refractivity contribution in [2.24, 2.45) is 17.8 Å². The number of ether oxygens (including phenoxy) is 6. The van der Waals surface area contributed by atoms with Crippen molar-refractivity contribution in [3.8, 4) is 63.2 Å². The third-order valence-electron chi connectivity index (χ3n) is 14.3. The number of aliphatic hydroxyl groups excluding tert-OH is 2. The molecule has 8 unspecified atom stereocenters. The van der Waals surface area contributed by atoms with Gasteiger partial charge in [0, 0.05) is 85.3 Å². The van der Waals surface area contributed by atoms with Crippen LogP contribution in [0.3, 0.4) is 0 Å². The van der Waals surface area contributed by atoms with Crippen LogP contribution in [0.4, 0.5) is 0 Å². The number of aliphatic hydroxyl groups is 2. The summed E-state index contributed by atoms with van der Waals surface area (Å²) in [6.07, 6.45) is 3.29. The fraction of sp³-hybridized carbons (Fsp3) is 0.444. The number of rotatable bonds is 12. The highest BCUT2D eigenvalue weighted by Gasteiger charge is 2.50. The first kappa shape index (κ1) is 45.1. The van der Waals surface area contributed by atoms with Crippen molar-refractivity contribution in [2.75, 3.05) is 46.8 Å². The Labute approximate surface area is 390 Å². The average Bonchev–Trinajstić information content (AvgIpc) is 3.84. The van der Waals surface area contributed by atoms with Gasteiger partial charge in [0.15, 0.2) is 0 Å². The highest BCUT2D eigenvalue weighted by atomic mass is 16.5. The zero-order chi connectivity index (χ0) is 46.0. The van der Waals surface area contributed by atoms with Crippen molar-refractivity contribution in [3.05, 3.63) is 101 Å². The molecular formula is C54H60N2O11. The van der Waals surface area contributed by atoms with Crippen molar-refractivity contribution < 1.29 is 54.0 Å². The molecule has 8 atom stereocenters. The lowest BCUT2D eigenvalue weighted by Gasteiger charge is -2.48. The summed E-state index contributed by atoms with van der Waals surface area (Å²) in [6.45, 7) is 1.80. The summed E-state index contributed by atoms with van der Waals surface area (Å²) in [4.78, 5) is 0. The molecule has 13 heteroatoms. The number of phenols is 3. The maximum Gasteiger partial charge on any atom is 0.149 e. The van der Waals surface area contributed by atoms with Crippen molar-refractivity contribution >= 4 is 10.8 Å². The maximum atomic E-state index is 13.1. The molecule has 1 saturated carbocycles. The lowest BCUT2D eigenvalue weighted by molar-refractivity contribution is -0.145. The normalized spacial score (nSPS) is 25.8. The van der Waals surface area contributed by atoms with Gasteiger partial charge in [0.05, 0.1) is 36.9 Å². The third-order valence-corrected chi connectivity index (χ3v) is 14.3. The average molecular weight is 913 g/mol. The Bertz CT molecular complexity index is 2640. The largest absolute Gasteiger partial charge is 0.508 e. The molecule has 4 aliphatic heterocycles. The molecule has 5 aromatic rings. The van der Waals surface area contributed by atoms with Gasteiger partial charge in [-0.25, -0.2) is 0 Å². The summed E-state index contributed by atoms with van der Waals surface area (Å²) >= 11 is 0. The van der Waals surface area contributed by atoms with Gasteiger partial charge < -0.3 is 59.3 Å². The van der Waals surface area contributed by atoms with Gasteiger partial charge in [-0.2, -0.15) is 0 Å². The molecule has 2 bridgehead atoms. The molecule has 7 N–H and O–H groups in total. The second-order valence-corrected chi connectivity index (χ2v) is 18.6. The molecule has 0 radical (unpaired) electrons. The molecule has 13 nitrogen and oxygen atoms in total. The lowest BCUT2D eigenvalue weighted by atomic mass is 9.72. The van der Waals surface area contributed by atoms with Gasteiger partial charge in [0.25, 0.3) is 0 Å². The van der Waals surface area contributed by atoms with Gasteiger partial charge in [-0.3, -0.25) is 5.32 Å². The molecule has 1 saturated heterocycles. The standard InChI is InChI=1S/C54H60N2O11/c1-62-19-6-12-46-49(54-44-27-48(42-25-37(60)14-16-41(42)53(44)66-46)63-20-5-8-32-28-55-30-56-50(32)47(67-54)17-18-57)45-29-64-52-34(24-39(26-43(52)51(45)61)65-38-10-2-3-11-38)21-33-23-36(59)13-15-40(33)31-7-4-9-35(58)22-31/h4,7,9,13-16,22-27,32,38,45-47,49-51,54-61H,2-3,6,10-12,17-21,28-30H2,1H3. The first-order valence-electron chi connectivity index (χ1n) is 23.8. The van der Waals surface area contributed by atoms with Crippen LogP contribution in [0.15, 0.2) is 78.9 Å². The number of nitrogens with one attached hydrogen (secondary N) is 2. The molecule has 1 aliphatic carbocycles. The minimum atomic E-state index is -1.06. The minimum Gasteiger partial charge on any atom is -0.508 e. The third kappa shape index (κ3) is 9.31. The second-order valence-electron chi connectivity index (χ2n) is 18.6. The number of benzene rings is 5. The van der Waals surface area contributed by atoms with E-state index in [1.807, 2.05) is 36.4 Å². The van der Waals surface area contributed by atoms with Crippen LogP contribution in [0.1, 0.15) is 79.4 Å². The molecule has 2 fully saturated rings. The molecule has 5 aromatic carbocycles. The highest BCUT2D eigenvalue weighted by Crippen LogP contribution is 2.55. The smallest absolute Gasteiger partial charge is 0.149 e. The summed E-state index contributed by atoms with van der Waals surface area (Å²) in [5, 5.41) is 64.1. The van der Waals surface area contributed by atoms with E-state index in [2.05, 4.69) is 22.5 Å². The van der Waals surface area contributed by atoms with E-state index in [-0.39, 0.29) is 55.1 Å². The molecule has 67 heavy (non-hydrogen) atoms. The Morgan fingerprint density at radius 3 is 2.49 bits per heavy atom. The molecule has 5 aliphatic rings. The van der Waals surface area contributed by atoms with Crippen LogP contribution in [0.2, 0.25) is 0 Å². The fourth-order valence-electron chi connectivity index (χ4n) is 11.2. The molecule has 10 rings (SSSR count). The zero-order valence-corrected chi connectivity index (χ0v) is 37.8. The molecule has 352 valence electrons. The molecule has 4 heterocycles. The van der Waals surface area contributed by atoms with E-state index < -0.39 is 36.3 Å². The monoisotopic (exact) mass is 912 g/mol. The predicted octanol–water partition coefficient (Wildman–Crippen LogP) is 7.42. The summed E-state index contributed by atoms with van der Waals surface area (Å²) < 4.78 is 40.4. The van der Waals surface area contributed by atoms with E-state index in [0.29, 0.717) is 79.5 Å². The SMILES string of the molecule is COCCCC1Oc2c3cc(c4cc(O)ccc24)OCC#CC2CNCNC2C(CCO)OC3C1C1COc2c(Cc3cc(O)ccc3-c3cccc(O)c3)cc(OC3CCCC3)cc2C1O. The highest BCUT2D eigenvalue weighted by molar-refractivity contribution is 5.96. The minimum absolute atomic E-state index is 0.0405. The van der Waals surface area contributed by atoms with E-state index in [9.17, 15) is 25.5 Å². The van der Waals surface area contributed by atoms with Gasteiger partial charge in [0.1, 0.15) is 53.0 Å². The van der Waals surface area contributed by atoms with Crippen LogP contribution < -0.4 is 29.6 Å². The van der Waals surface area contributed by atoms with Crippen LogP contribution in [0.5, 0.6) is 40.2 Å². The van der Waals surface area contributed by atoms with Gasteiger partial charge in [-0.15, -0.1) is 0 Å². The van der Waals surface area contributed by atoms with Crippen molar-refractivity contribution in [1.29, 1.82) is 0 Å². The number of phenolic OH excluding ortho intramolecular Hbond substituents is 3. The number of fused-ring (bicyclic) bond motifs is 6. The van der Waals surface area contributed by atoms with Crippen molar-refractivity contribution in [1.82, 2.24) is 10.6 Å². The molecule has 0 amide bonds. The van der Waals surface area contributed by atoms with Gasteiger partial charge in [-0.1, -0.05) is 30.0 Å². The topological polar surface area (TPSA) is 181 Å². The Morgan fingerprint density at radius 1 is 0.821 bits per heavy atom. The summed E-state index contributed by atoms with van der Waals surface area (Å²) in [5.41, 5.74) is 4.58. The van der Waals surface area contributed by atoms with Gasteiger partial charge in [0.2, 0.25) is 0 Å². The zero-order valence-electron chi connectivity index (χ0n) is 37.8. The number of hydrogen-bond donors (Lipinski definition) is 7. The first-order chi connectivity index (χ1) is 32.8. The number of aromatic hydroxyl groups is 3. The van der Waals surface area contributed by atoms with Gasteiger partial charge >= 0.3 is 0 Å². The van der Waals surface area contributed by atoms with Gasteiger partial charge in [-0.05, 0) is 122 Å². The summed E-state index contributed by atoms with van der Waals surface area (Å²) in [6, 6.07) is 23.1. The molecular weight excluding hydrogens is 853 g/mol. The van der Waals surface area contributed by atoms with E-state index in [4.69, 9.17) is 28.4 Å². The molecule has 0 aromatic heterocycles. The van der Waals surface area contributed by atoms with E-state index in [1.54, 1.807) is 49.6 Å². The van der Waals surface area contributed by atoms with E-state index in [1.165, 1.54) is 0 Å². The van der Waals surface area contributed by atoms with Crippen LogP contribution in [-0.4, -0.2) is 96.6 Å². The predicted molar refractivity (Wildman–Crippen MR) is 252 cm³/mol. The Kier molecular flexibility index (Phi) is 13.4. The van der Waals surface area contributed by atoms with Crippen LogP contribution in [-0.2, 0) is 15.9 Å². The lowest BCUT2D eigenvalue weighted by Crippen LogP contribution is -2.58. The Morgan fingerprint density at radius 2 is 1.66 bits per heavy atom. The van der Waals surface area contributed by atoms with Crippen molar-refractivity contribution in [2.45, 2.75) is 87.9 Å². The van der Waals surface area contributed by atoms with Crippen molar-refractivity contribution in [3.63, 3.8) is 0 Å².